The molecule has 2 N–H and O–H groups in total. The van der Waals surface area contributed by atoms with Gasteiger partial charge in [0.05, 0.1) is 0 Å². The van der Waals surface area contributed by atoms with Crippen LogP contribution in [0.25, 0.3) is 0 Å². The molecule has 1 saturated heterocycles. The van der Waals surface area contributed by atoms with E-state index < -0.39 is 0 Å². The number of hydrogen-bond acceptors (Lipinski definition) is 3. The van der Waals surface area contributed by atoms with Crippen LogP contribution in [-0.2, 0) is 17.6 Å². The van der Waals surface area contributed by atoms with Crippen LogP contribution < -0.4 is 15.5 Å². The van der Waals surface area contributed by atoms with Crippen molar-refractivity contribution < 1.29 is 4.79 Å². The topological polar surface area (TPSA) is 60.0 Å². The fourth-order valence-corrected chi connectivity index (χ4v) is 4.12. The minimum absolute atomic E-state index is 0. The number of nitrogens with zero attached hydrogens (tertiary/aromatic N) is 3. The SMILES string of the molecule is CCNC(=NCC1CC(=O)N(CCc2ccccc2)C1)NCCCc1ccc(N(C)C)cc1.I. The summed E-state index contributed by atoms with van der Waals surface area (Å²) in [5.41, 5.74) is 3.85. The van der Waals surface area contributed by atoms with Crippen molar-refractivity contribution in [1.29, 1.82) is 0 Å². The molecule has 0 spiro atoms. The number of halogens is 1. The second-order valence-corrected chi connectivity index (χ2v) is 8.96. The number of likely N-dealkylation sites (tertiary alicyclic amines) is 1. The molecular weight excluding hydrogens is 537 g/mol. The number of guanidine groups is 1. The van der Waals surface area contributed by atoms with Crippen molar-refractivity contribution in [1.82, 2.24) is 15.5 Å². The zero-order chi connectivity index (χ0) is 23.5. The first-order valence-corrected chi connectivity index (χ1v) is 12.1. The smallest absolute Gasteiger partial charge is 0.223 e. The number of nitrogens with one attached hydrogen (secondary N) is 2. The van der Waals surface area contributed by atoms with E-state index in [-0.39, 0.29) is 29.9 Å². The lowest BCUT2D eigenvalue weighted by Gasteiger charge is -2.16. The average Bonchev–Trinajstić information content (AvgIpc) is 3.19. The molecule has 0 radical (unpaired) electrons. The molecule has 1 heterocycles. The molecule has 1 fully saturated rings. The molecule has 1 aliphatic heterocycles. The summed E-state index contributed by atoms with van der Waals surface area (Å²) in [6.07, 6.45) is 3.58. The van der Waals surface area contributed by atoms with Gasteiger partial charge in [0.2, 0.25) is 5.91 Å². The summed E-state index contributed by atoms with van der Waals surface area (Å²) in [7, 11) is 4.12. The van der Waals surface area contributed by atoms with Crippen LogP contribution in [0.2, 0.25) is 0 Å². The maximum Gasteiger partial charge on any atom is 0.223 e. The molecule has 0 saturated carbocycles. The Morgan fingerprint density at radius 3 is 2.41 bits per heavy atom. The normalized spacial score (nSPS) is 15.7. The second-order valence-electron chi connectivity index (χ2n) is 8.96. The highest BCUT2D eigenvalue weighted by atomic mass is 127. The zero-order valence-corrected chi connectivity index (χ0v) is 23.1. The fraction of sp³-hybridized carbons (Fsp3) is 0.481. The maximum atomic E-state index is 12.4. The maximum absolute atomic E-state index is 12.4. The molecule has 1 aliphatic rings. The molecular formula is C27H40IN5O. The van der Waals surface area contributed by atoms with Crippen molar-refractivity contribution in [2.75, 3.05) is 51.7 Å². The number of aliphatic imine (C=N–C) groups is 1. The van der Waals surface area contributed by atoms with Gasteiger partial charge in [0, 0.05) is 64.8 Å². The third-order valence-corrected chi connectivity index (χ3v) is 6.05. The molecule has 1 amide bonds. The van der Waals surface area contributed by atoms with Crippen molar-refractivity contribution in [3.63, 3.8) is 0 Å². The van der Waals surface area contributed by atoms with Gasteiger partial charge in [0.1, 0.15) is 0 Å². The van der Waals surface area contributed by atoms with Crippen molar-refractivity contribution in [3.05, 3.63) is 65.7 Å². The van der Waals surface area contributed by atoms with Crippen molar-refractivity contribution in [2.24, 2.45) is 10.9 Å². The Kier molecular flexibility index (Phi) is 12.2. The Balaban J connectivity index is 0.00000408. The lowest BCUT2D eigenvalue weighted by atomic mass is 10.1. The van der Waals surface area contributed by atoms with Crippen LogP contribution in [0, 0.1) is 5.92 Å². The van der Waals surface area contributed by atoms with E-state index in [1.807, 2.05) is 11.0 Å². The van der Waals surface area contributed by atoms with Gasteiger partial charge < -0.3 is 20.4 Å². The van der Waals surface area contributed by atoms with E-state index in [0.717, 1.165) is 51.4 Å². The van der Waals surface area contributed by atoms with Gasteiger partial charge in [-0.3, -0.25) is 9.79 Å². The number of anilines is 1. The molecule has 2 aromatic rings. The number of rotatable bonds is 11. The number of carbonyl (C=O) groups excluding carboxylic acids is 1. The molecule has 2 aromatic carbocycles. The van der Waals surface area contributed by atoms with Gasteiger partial charge in [0.15, 0.2) is 5.96 Å². The highest BCUT2D eigenvalue weighted by molar-refractivity contribution is 14.0. The zero-order valence-electron chi connectivity index (χ0n) is 20.8. The third-order valence-electron chi connectivity index (χ3n) is 6.05. The van der Waals surface area contributed by atoms with Crippen LogP contribution >= 0.6 is 24.0 Å². The fourth-order valence-electron chi connectivity index (χ4n) is 4.12. The van der Waals surface area contributed by atoms with Crippen molar-refractivity contribution in [2.45, 2.75) is 32.6 Å². The number of hydrogen-bond donors (Lipinski definition) is 2. The minimum atomic E-state index is 0. The second kappa shape index (κ2) is 14.9. The van der Waals surface area contributed by atoms with Crippen LogP contribution in [0.4, 0.5) is 5.69 Å². The van der Waals surface area contributed by atoms with Gasteiger partial charge in [0.25, 0.3) is 0 Å². The predicted octanol–water partition coefficient (Wildman–Crippen LogP) is 3.95. The number of amides is 1. The molecule has 34 heavy (non-hydrogen) atoms. The number of carbonyl (C=O) groups is 1. The Labute approximate surface area is 222 Å². The summed E-state index contributed by atoms with van der Waals surface area (Å²) >= 11 is 0. The molecule has 186 valence electrons. The Morgan fingerprint density at radius 2 is 1.74 bits per heavy atom. The van der Waals surface area contributed by atoms with Crippen LogP contribution in [0.15, 0.2) is 59.6 Å². The summed E-state index contributed by atoms with van der Waals surface area (Å²) in [4.78, 5) is 21.3. The van der Waals surface area contributed by atoms with E-state index in [0.29, 0.717) is 18.9 Å². The Morgan fingerprint density at radius 1 is 1.03 bits per heavy atom. The van der Waals surface area contributed by atoms with Gasteiger partial charge in [-0.25, -0.2) is 0 Å². The van der Waals surface area contributed by atoms with Crippen LogP contribution in [0.3, 0.4) is 0 Å². The molecule has 0 aliphatic carbocycles. The van der Waals surface area contributed by atoms with E-state index in [1.165, 1.54) is 16.8 Å². The number of aryl methyl sites for hydroxylation is 1. The predicted molar refractivity (Wildman–Crippen MR) is 153 cm³/mol. The summed E-state index contributed by atoms with van der Waals surface area (Å²) in [6, 6.07) is 19.1. The van der Waals surface area contributed by atoms with Crippen molar-refractivity contribution in [3.8, 4) is 0 Å². The van der Waals surface area contributed by atoms with Gasteiger partial charge >= 0.3 is 0 Å². The first kappa shape index (κ1) is 28.0. The molecule has 1 atom stereocenters. The van der Waals surface area contributed by atoms with E-state index in [1.54, 1.807) is 0 Å². The highest BCUT2D eigenvalue weighted by Gasteiger charge is 2.28. The minimum Gasteiger partial charge on any atom is -0.378 e. The van der Waals surface area contributed by atoms with Gasteiger partial charge in [-0.05, 0) is 49.4 Å². The third kappa shape index (κ3) is 9.16. The molecule has 0 bridgehead atoms. The number of benzene rings is 2. The quantitative estimate of drug-likeness (QED) is 0.184. The van der Waals surface area contributed by atoms with E-state index in [4.69, 9.17) is 4.99 Å². The average molecular weight is 578 g/mol. The summed E-state index contributed by atoms with van der Waals surface area (Å²) in [6.45, 7) is 6.04. The molecule has 3 rings (SSSR count). The van der Waals surface area contributed by atoms with Gasteiger partial charge in [-0.15, -0.1) is 24.0 Å². The lowest BCUT2D eigenvalue weighted by molar-refractivity contribution is -0.127. The standard InChI is InChI=1S/C27H39N5O.HI/c1-4-28-27(29-17-8-11-23-12-14-25(15-13-23)31(2)3)30-20-24-19-26(33)32(21-24)18-16-22-9-6-5-7-10-22;/h5-7,9-10,12-15,24H,4,8,11,16-21H2,1-3H3,(H2,28,29,30);1H. The first-order valence-electron chi connectivity index (χ1n) is 12.1. The molecule has 0 aromatic heterocycles. The van der Waals surface area contributed by atoms with Crippen LogP contribution in [-0.4, -0.2) is 63.6 Å². The highest BCUT2D eigenvalue weighted by Crippen LogP contribution is 2.18. The lowest BCUT2D eigenvalue weighted by Crippen LogP contribution is -2.38. The van der Waals surface area contributed by atoms with Crippen LogP contribution in [0.1, 0.15) is 30.9 Å². The van der Waals surface area contributed by atoms with Gasteiger partial charge in [-0.2, -0.15) is 0 Å². The molecule has 1 unspecified atom stereocenters. The Hall–Kier alpha value is -2.29. The molecule has 7 heteroatoms. The molecule has 6 nitrogen and oxygen atoms in total. The Bertz CT molecular complexity index is 886. The van der Waals surface area contributed by atoms with Gasteiger partial charge in [-0.1, -0.05) is 42.5 Å². The summed E-state index contributed by atoms with van der Waals surface area (Å²) < 4.78 is 0. The summed E-state index contributed by atoms with van der Waals surface area (Å²) in [5, 5.41) is 6.77. The van der Waals surface area contributed by atoms with E-state index in [9.17, 15) is 4.79 Å². The first-order chi connectivity index (χ1) is 16.0. The monoisotopic (exact) mass is 577 g/mol. The van der Waals surface area contributed by atoms with Crippen LogP contribution in [0.5, 0.6) is 0 Å². The van der Waals surface area contributed by atoms with E-state index in [2.05, 4.69) is 85.1 Å². The summed E-state index contributed by atoms with van der Waals surface area (Å²) in [5.74, 6) is 1.39. The van der Waals surface area contributed by atoms with Crippen molar-refractivity contribution >= 4 is 41.5 Å². The largest absolute Gasteiger partial charge is 0.378 e. The van der Waals surface area contributed by atoms with E-state index >= 15 is 0 Å².